The lowest BCUT2D eigenvalue weighted by atomic mass is 10.1. The maximum Gasteiger partial charge on any atom is 0.156 e. The summed E-state index contributed by atoms with van der Waals surface area (Å²) in [5.41, 5.74) is 1.53. The SMILES string of the molecule is CC(C)c1cc(Cl)nnc1Nc1cc(Cl)c(O)c(Cl)c1. The second kappa shape index (κ2) is 6.04. The van der Waals surface area contributed by atoms with Gasteiger partial charge in [0.2, 0.25) is 0 Å². The highest BCUT2D eigenvalue weighted by molar-refractivity contribution is 6.37. The quantitative estimate of drug-likeness (QED) is 0.776. The number of anilines is 2. The fourth-order valence-electron chi connectivity index (χ4n) is 1.69. The molecule has 1 aromatic heterocycles. The Morgan fingerprint density at radius 3 is 2.20 bits per heavy atom. The summed E-state index contributed by atoms with van der Waals surface area (Å²) in [6, 6.07) is 4.87. The molecule has 0 aliphatic heterocycles. The van der Waals surface area contributed by atoms with Gasteiger partial charge >= 0.3 is 0 Å². The van der Waals surface area contributed by atoms with Crippen molar-refractivity contribution < 1.29 is 5.11 Å². The van der Waals surface area contributed by atoms with E-state index in [0.29, 0.717) is 16.7 Å². The van der Waals surface area contributed by atoms with Crippen LogP contribution in [0.3, 0.4) is 0 Å². The number of aromatic nitrogens is 2. The largest absolute Gasteiger partial charge is 0.505 e. The Balaban J connectivity index is 2.40. The van der Waals surface area contributed by atoms with Crippen molar-refractivity contribution in [3.05, 3.63) is 39.0 Å². The van der Waals surface area contributed by atoms with E-state index < -0.39 is 0 Å². The lowest BCUT2D eigenvalue weighted by molar-refractivity contribution is 0.476. The molecule has 1 heterocycles. The van der Waals surface area contributed by atoms with E-state index in [4.69, 9.17) is 34.8 Å². The average molecular weight is 333 g/mol. The van der Waals surface area contributed by atoms with Crippen LogP contribution in [0.2, 0.25) is 15.2 Å². The first kappa shape index (κ1) is 15.2. The molecule has 20 heavy (non-hydrogen) atoms. The summed E-state index contributed by atoms with van der Waals surface area (Å²) in [4.78, 5) is 0. The molecule has 0 saturated heterocycles. The second-order valence-corrected chi connectivity index (χ2v) is 5.74. The molecule has 0 saturated carbocycles. The molecule has 7 heteroatoms. The summed E-state index contributed by atoms with van der Waals surface area (Å²) in [6.45, 7) is 4.05. The first-order chi connectivity index (χ1) is 9.38. The van der Waals surface area contributed by atoms with Crippen LogP contribution in [-0.2, 0) is 0 Å². The number of phenolic OH excluding ortho intramolecular Hbond substituents is 1. The van der Waals surface area contributed by atoms with E-state index in [0.717, 1.165) is 5.56 Å². The number of aromatic hydroxyl groups is 1. The van der Waals surface area contributed by atoms with Crippen LogP contribution in [0, 0.1) is 0 Å². The van der Waals surface area contributed by atoms with Gasteiger partial charge in [-0.3, -0.25) is 0 Å². The van der Waals surface area contributed by atoms with E-state index in [2.05, 4.69) is 15.5 Å². The van der Waals surface area contributed by atoms with Gasteiger partial charge in [0, 0.05) is 11.3 Å². The molecule has 106 valence electrons. The third-order valence-electron chi connectivity index (χ3n) is 2.70. The Labute approximate surface area is 131 Å². The van der Waals surface area contributed by atoms with Gasteiger partial charge in [-0.15, -0.1) is 10.2 Å². The standard InChI is InChI=1S/C13H12Cl3N3O/c1-6(2)8-5-11(16)18-19-13(8)17-7-3-9(14)12(20)10(15)4-7/h3-6,20H,1-2H3,(H,17,19). The summed E-state index contributed by atoms with van der Waals surface area (Å²) >= 11 is 17.6. The van der Waals surface area contributed by atoms with Crippen molar-refractivity contribution in [2.45, 2.75) is 19.8 Å². The molecule has 2 N–H and O–H groups in total. The van der Waals surface area contributed by atoms with Crippen molar-refractivity contribution in [1.82, 2.24) is 10.2 Å². The highest BCUT2D eigenvalue weighted by Gasteiger charge is 2.12. The lowest BCUT2D eigenvalue weighted by Gasteiger charge is -2.14. The van der Waals surface area contributed by atoms with Crippen molar-refractivity contribution in [3.63, 3.8) is 0 Å². The molecule has 0 unspecified atom stereocenters. The molecule has 0 bridgehead atoms. The lowest BCUT2D eigenvalue weighted by Crippen LogP contribution is -2.02. The first-order valence-electron chi connectivity index (χ1n) is 5.86. The molecule has 4 nitrogen and oxygen atoms in total. The van der Waals surface area contributed by atoms with Crippen LogP contribution >= 0.6 is 34.8 Å². The Bertz CT molecular complexity index is 624. The Kier molecular flexibility index (Phi) is 4.58. The van der Waals surface area contributed by atoms with Gasteiger partial charge in [-0.1, -0.05) is 48.7 Å². The van der Waals surface area contributed by atoms with Gasteiger partial charge in [0.1, 0.15) is 0 Å². The highest BCUT2D eigenvalue weighted by Crippen LogP contribution is 2.36. The van der Waals surface area contributed by atoms with Crippen LogP contribution in [0.5, 0.6) is 5.75 Å². The van der Waals surface area contributed by atoms with Crippen LogP contribution in [0.1, 0.15) is 25.3 Å². The molecular weight excluding hydrogens is 321 g/mol. The summed E-state index contributed by atoms with van der Waals surface area (Å²) in [7, 11) is 0. The fourth-order valence-corrected chi connectivity index (χ4v) is 2.34. The monoisotopic (exact) mass is 331 g/mol. The molecule has 0 amide bonds. The minimum absolute atomic E-state index is 0.148. The van der Waals surface area contributed by atoms with Crippen LogP contribution in [0.4, 0.5) is 11.5 Å². The predicted octanol–water partition coefficient (Wildman–Crippen LogP) is 5.01. The molecule has 1 aromatic carbocycles. The van der Waals surface area contributed by atoms with Crippen molar-refractivity contribution in [1.29, 1.82) is 0 Å². The number of hydrogen-bond donors (Lipinski definition) is 2. The highest BCUT2D eigenvalue weighted by atomic mass is 35.5. The van der Waals surface area contributed by atoms with Crippen molar-refractivity contribution >= 4 is 46.3 Å². The fraction of sp³-hybridized carbons (Fsp3) is 0.231. The van der Waals surface area contributed by atoms with E-state index in [1.807, 2.05) is 13.8 Å². The molecule has 0 atom stereocenters. The third-order valence-corrected chi connectivity index (χ3v) is 3.46. The Morgan fingerprint density at radius 1 is 1.05 bits per heavy atom. The molecular formula is C13H12Cl3N3O. The average Bonchev–Trinajstić information content (AvgIpc) is 2.37. The minimum atomic E-state index is -0.148. The Hall–Kier alpha value is -1.23. The van der Waals surface area contributed by atoms with E-state index in [9.17, 15) is 5.11 Å². The van der Waals surface area contributed by atoms with E-state index in [1.165, 1.54) is 0 Å². The summed E-state index contributed by atoms with van der Waals surface area (Å²) in [5, 5.41) is 21.1. The molecule has 0 fully saturated rings. The van der Waals surface area contributed by atoms with Crippen LogP contribution in [0.15, 0.2) is 18.2 Å². The number of nitrogens with zero attached hydrogens (tertiary/aromatic N) is 2. The number of hydrogen-bond acceptors (Lipinski definition) is 4. The van der Waals surface area contributed by atoms with Gasteiger partial charge in [-0.2, -0.15) is 0 Å². The third kappa shape index (κ3) is 3.26. The zero-order valence-electron chi connectivity index (χ0n) is 10.8. The van der Waals surface area contributed by atoms with Crippen molar-refractivity contribution in [2.75, 3.05) is 5.32 Å². The van der Waals surface area contributed by atoms with Crippen LogP contribution in [-0.4, -0.2) is 15.3 Å². The molecule has 0 aliphatic rings. The zero-order valence-corrected chi connectivity index (χ0v) is 13.1. The predicted molar refractivity (Wildman–Crippen MR) is 82.5 cm³/mol. The molecule has 2 rings (SSSR count). The van der Waals surface area contributed by atoms with Gasteiger partial charge in [0.15, 0.2) is 16.7 Å². The summed E-state index contributed by atoms with van der Waals surface area (Å²) < 4.78 is 0. The van der Waals surface area contributed by atoms with E-state index >= 15 is 0 Å². The number of halogens is 3. The summed E-state index contributed by atoms with van der Waals surface area (Å²) in [5.74, 6) is 0.640. The van der Waals surface area contributed by atoms with Gasteiger partial charge in [0.25, 0.3) is 0 Å². The van der Waals surface area contributed by atoms with E-state index in [1.54, 1.807) is 18.2 Å². The van der Waals surface area contributed by atoms with Crippen LogP contribution < -0.4 is 5.32 Å². The maximum absolute atomic E-state index is 9.54. The van der Waals surface area contributed by atoms with Crippen LogP contribution in [0.25, 0.3) is 0 Å². The molecule has 0 spiro atoms. The number of benzene rings is 1. The number of nitrogens with one attached hydrogen (secondary N) is 1. The maximum atomic E-state index is 9.54. The first-order valence-corrected chi connectivity index (χ1v) is 7.00. The number of rotatable bonds is 3. The van der Waals surface area contributed by atoms with Gasteiger partial charge in [-0.05, 0) is 24.1 Å². The summed E-state index contributed by atoms with van der Waals surface area (Å²) in [6.07, 6.45) is 0. The minimum Gasteiger partial charge on any atom is -0.505 e. The molecule has 2 aromatic rings. The second-order valence-electron chi connectivity index (χ2n) is 4.54. The Morgan fingerprint density at radius 2 is 1.65 bits per heavy atom. The smallest absolute Gasteiger partial charge is 0.156 e. The van der Waals surface area contributed by atoms with E-state index in [-0.39, 0.29) is 21.7 Å². The van der Waals surface area contributed by atoms with Gasteiger partial charge < -0.3 is 10.4 Å². The van der Waals surface area contributed by atoms with Crippen molar-refractivity contribution in [3.8, 4) is 5.75 Å². The van der Waals surface area contributed by atoms with Crippen molar-refractivity contribution in [2.24, 2.45) is 0 Å². The normalized spacial score (nSPS) is 10.9. The topological polar surface area (TPSA) is 58.0 Å². The van der Waals surface area contributed by atoms with Gasteiger partial charge in [0.05, 0.1) is 10.0 Å². The molecule has 0 radical (unpaired) electrons. The van der Waals surface area contributed by atoms with Gasteiger partial charge in [-0.25, -0.2) is 0 Å². The zero-order chi connectivity index (χ0) is 14.9. The number of phenols is 1. The molecule has 0 aliphatic carbocycles.